The van der Waals surface area contributed by atoms with E-state index in [0.717, 1.165) is 33.1 Å². The molecule has 6 rings (SSSR count). The average Bonchev–Trinajstić information content (AvgIpc) is 3.40. The number of phenolic OH excluding ortho intramolecular Hbond substituents is 1. The van der Waals surface area contributed by atoms with Crippen molar-refractivity contribution in [2.45, 2.75) is 18.3 Å². The summed E-state index contributed by atoms with van der Waals surface area (Å²) in [7, 11) is 0. The Bertz CT molecular complexity index is 1340. The van der Waals surface area contributed by atoms with Crippen LogP contribution in [-0.2, 0) is 0 Å². The van der Waals surface area contributed by atoms with Crippen molar-refractivity contribution in [2.24, 2.45) is 5.10 Å². The van der Waals surface area contributed by atoms with Crippen LogP contribution in [0.25, 0.3) is 6.08 Å². The third-order valence-electron chi connectivity index (χ3n) is 5.96. The molecule has 3 aromatic rings. The summed E-state index contributed by atoms with van der Waals surface area (Å²) in [5.41, 5.74) is 3.55. The smallest absolute Gasteiger partial charge is 0.314 e. The molecule has 6 nitrogen and oxygen atoms in total. The highest BCUT2D eigenvalue weighted by atomic mass is 79.9. The van der Waals surface area contributed by atoms with Gasteiger partial charge in [0, 0.05) is 22.0 Å². The number of para-hydroxylation sites is 1. The predicted octanol–water partition coefficient (Wildman–Crippen LogP) is 5.85. The topological polar surface area (TPSA) is 74.2 Å². The lowest BCUT2D eigenvalue weighted by molar-refractivity contribution is -0.0949. The van der Waals surface area contributed by atoms with Crippen LogP contribution in [0, 0.1) is 0 Å². The minimum Gasteiger partial charge on any atom is -0.507 e. The Morgan fingerprint density at radius 3 is 2.76 bits per heavy atom. The maximum atomic E-state index is 12.7. The van der Waals surface area contributed by atoms with Gasteiger partial charge in [0.1, 0.15) is 11.5 Å². The normalized spacial score (nSPS) is 24.3. The Labute approximate surface area is 203 Å². The van der Waals surface area contributed by atoms with Crippen molar-refractivity contribution in [1.29, 1.82) is 0 Å². The lowest BCUT2D eigenvalue weighted by atomic mass is 9.95. The predicted molar refractivity (Wildman–Crippen MR) is 132 cm³/mol. The fourth-order valence-corrected chi connectivity index (χ4v) is 5.72. The molecule has 0 saturated carbocycles. The van der Waals surface area contributed by atoms with Crippen molar-refractivity contribution < 1.29 is 14.6 Å². The van der Waals surface area contributed by atoms with E-state index in [2.05, 4.69) is 21.2 Å². The van der Waals surface area contributed by atoms with Gasteiger partial charge in [-0.05, 0) is 47.7 Å². The molecule has 3 heterocycles. The number of hydrogen-bond acceptors (Lipinski definition) is 6. The molecule has 164 valence electrons. The molecule has 1 amide bonds. The minimum absolute atomic E-state index is 0.131. The number of amides is 1. The number of carbonyl (C=O) groups is 1. The van der Waals surface area contributed by atoms with Gasteiger partial charge in [-0.3, -0.25) is 10.1 Å². The van der Waals surface area contributed by atoms with Crippen LogP contribution in [0.2, 0.25) is 0 Å². The lowest BCUT2D eigenvalue weighted by Crippen LogP contribution is -2.61. The van der Waals surface area contributed by atoms with Crippen molar-refractivity contribution in [2.75, 3.05) is 0 Å². The molecular weight excluding hydrogens is 502 g/mol. The van der Waals surface area contributed by atoms with Crippen LogP contribution in [0.5, 0.6) is 11.5 Å². The van der Waals surface area contributed by atoms with E-state index in [1.807, 2.05) is 59.6 Å². The number of halogens is 1. The molecular formula is C25H18BrN3O3S. The first-order chi connectivity index (χ1) is 16.0. The summed E-state index contributed by atoms with van der Waals surface area (Å²) in [5, 5.41) is 20.0. The number of benzene rings is 3. The third kappa shape index (κ3) is 3.32. The molecule has 3 aliphatic heterocycles. The standard InChI is InChI=1S/C25H18BrN3O3S/c26-17-10-11-22-18(13-17)20-14-19(15-6-2-1-3-7-15)28-29(20)25(32-22)23(33-24(31)27-25)12-16-8-4-5-9-21(16)30/h1-13,20,30H,14H2,(H,27,31)/b23-12-. The van der Waals surface area contributed by atoms with Crippen LogP contribution in [0.1, 0.15) is 29.2 Å². The summed E-state index contributed by atoms with van der Waals surface area (Å²) in [5.74, 6) is -0.479. The number of rotatable bonds is 2. The molecule has 33 heavy (non-hydrogen) atoms. The van der Waals surface area contributed by atoms with Gasteiger partial charge >= 0.3 is 5.85 Å². The molecule has 1 saturated heterocycles. The zero-order valence-corrected chi connectivity index (χ0v) is 19.6. The van der Waals surface area contributed by atoms with Gasteiger partial charge in [-0.25, -0.2) is 5.01 Å². The molecule has 2 N–H and O–H groups in total. The second-order valence-electron chi connectivity index (χ2n) is 7.99. The van der Waals surface area contributed by atoms with E-state index in [1.165, 1.54) is 0 Å². The van der Waals surface area contributed by atoms with Gasteiger partial charge in [0.05, 0.1) is 16.7 Å². The van der Waals surface area contributed by atoms with Gasteiger partial charge in [-0.1, -0.05) is 64.5 Å². The molecule has 0 aliphatic carbocycles. The third-order valence-corrected chi connectivity index (χ3v) is 7.36. The Balaban J connectivity index is 1.54. The highest BCUT2D eigenvalue weighted by molar-refractivity contribution is 9.10. The zero-order valence-electron chi connectivity index (χ0n) is 17.2. The van der Waals surface area contributed by atoms with E-state index in [1.54, 1.807) is 24.3 Å². The van der Waals surface area contributed by atoms with Gasteiger partial charge in [0.25, 0.3) is 5.24 Å². The van der Waals surface area contributed by atoms with Gasteiger partial charge in [-0.15, -0.1) is 0 Å². The van der Waals surface area contributed by atoms with E-state index in [-0.39, 0.29) is 17.0 Å². The molecule has 1 spiro atoms. The van der Waals surface area contributed by atoms with Crippen molar-refractivity contribution >= 4 is 44.7 Å². The summed E-state index contributed by atoms with van der Waals surface area (Å²) in [4.78, 5) is 13.3. The first kappa shape index (κ1) is 20.4. The summed E-state index contributed by atoms with van der Waals surface area (Å²) in [6.45, 7) is 0. The van der Waals surface area contributed by atoms with Gasteiger partial charge in [0.2, 0.25) is 0 Å². The zero-order chi connectivity index (χ0) is 22.6. The van der Waals surface area contributed by atoms with E-state index >= 15 is 0 Å². The maximum Gasteiger partial charge on any atom is 0.314 e. The van der Waals surface area contributed by atoms with Crippen LogP contribution in [0.4, 0.5) is 4.79 Å². The second-order valence-corrected chi connectivity index (χ2v) is 9.92. The largest absolute Gasteiger partial charge is 0.507 e. The maximum absolute atomic E-state index is 12.7. The number of fused-ring (bicyclic) bond motifs is 4. The number of thioether (sulfide) groups is 1. The van der Waals surface area contributed by atoms with Crippen LogP contribution >= 0.6 is 27.7 Å². The van der Waals surface area contributed by atoms with Crippen molar-refractivity contribution in [1.82, 2.24) is 10.3 Å². The average molecular weight is 520 g/mol. The summed E-state index contributed by atoms with van der Waals surface area (Å²) < 4.78 is 7.47. The molecule has 3 aliphatic rings. The number of hydrazone groups is 1. The monoisotopic (exact) mass is 519 g/mol. The van der Waals surface area contributed by atoms with Crippen LogP contribution in [-0.4, -0.2) is 26.9 Å². The molecule has 8 heteroatoms. The fourth-order valence-electron chi connectivity index (χ4n) is 4.45. The lowest BCUT2D eigenvalue weighted by Gasteiger charge is -2.45. The molecule has 0 aromatic heterocycles. The Morgan fingerprint density at radius 1 is 1.15 bits per heavy atom. The van der Waals surface area contributed by atoms with E-state index in [4.69, 9.17) is 9.84 Å². The second kappa shape index (κ2) is 7.67. The van der Waals surface area contributed by atoms with Gasteiger partial charge in [-0.2, -0.15) is 5.10 Å². The number of nitrogens with zero attached hydrogens (tertiary/aromatic N) is 2. The van der Waals surface area contributed by atoms with Crippen LogP contribution < -0.4 is 10.1 Å². The van der Waals surface area contributed by atoms with Crippen LogP contribution in [0.3, 0.4) is 0 Å². The SMILES string of the molecule is O=C1NC2(Oc3ccc(Br)cc3C3CC(c4ccccc4)=NN32)/C(=C/c2ccccc2O)S1. The highest BCUT2D eigenvalue weighted by Crippen LogP contribution is 2.53. The summed E-state index contributed by atoms with van der Waals surface area (Å²) >= 11 is 4.62. The number of phenols is 1. The quantitative estimate of drug-likeness (QED) is 0.444. The summed E-state index contributed by atoms with van der Waals surface area (Å²) in [6.07, 6.45) is 2.46. The van der Waals surface area contributed by atoms with Crippen molar-refractivity contribution in [3.63, 3.8) is 0 Å². The Kier molecular flexibility index (Phi) is 4.74. The molecule has 2 unspecified atom stereocenters. The number of hydrogen-bond donors (Lipinski definition) is 2. The first-order valence-corrected chi connectivity index (χ1v) is 12.1. The molecule has 0 radical (unpaired) electrons. The number of ether oxygens (including phenoxy) is 1. The van der Waals surface area contributed by atoms with Crippen molar-refractivity contribution in [3.8, 4) is 11.5 Å². The molecule has 3 aromatic carbocycles. The van der Waals surface area contributed by atoms with Gasteiger partial charge < -0.3 is 9.84 Å². The Hall–Kier alpha value is -3.23. The molecule has 2 atom stereocenters. The van der Waals surface area contributed by atoms with Crippen LogP contribution in [0.15, 0.2) is 87.3 Å². The first-order valence-electron chi connectivity index (χ1n) is 10.4. The van der Waals surface area contributed by atoms with E-state index in [0.29, 0.717) is 22.6 Å². The fraction of sp³-hybridized carbons (Fsp3) is 0.120. The number of nitrogens with one attached hydrogen (secondary N) is 1. The number of carbonyl (C=O) groups excluding carboxylic acids is 1. The highest BCUT2D eigenvalue weighted by Gasteiger charge is 2.58. The van der Waals surface area contributed by atoms with Gasteiger partial charge in [0.15, 0.2) is 0 Å². The van der Waals surface area contributed by atoms with E-state index in [9.17, 15) is 9.90 Å². The summed E-state index contributed by atoms with van der Waals surface area (Å²) in [6, 6.07) is 22.8. The molecule has 0 bridgehead atoms. The van der Waals surface area contributed by atoms with E-state index < -0.39 is 5.85 Å². The van der Waals surface area contributed by atoms with Crippen molar-refractivity contribution in [3.05, 3.63) is 98.9 Å². The minimum atomic E-state index is -1.30. The Morgan fingerprint density at radius 2 is 1.94 bits per heavy atom. The number of aromatic hydroxyl groups is 1. The molecule has 1 fully saturated rings.